The van der Waals surface area contributed by atoms with Gasteiger partial charge in [-0.25, -0.2) is 4.98 Å². The average molecular weight is 361 g/mol. The van der Waals surface area contributed by atoms with Crippen molar-refractivity contribution in [1.29, 1.82) is 0 Å². The highest BCUT2D eigenvalue weighted by molar-refractivity contribution is 5.85. The Bertz CT molecular complexity index is 737. The van der Waals surface area contributed by atoms with Gasteiger partial charge in [0.15, 0.2) is 0 Å². The smallest absolute Gasteiger partial charge is 0.368 e. The van der Waals surface area contributed by atoms with Gasteiger partial charge in [0.05, 0.1) is 17.5 Å². The standard InChI is InChI=1S/C15H15F3N4O.ClH/c16-15(17,18)11-7-10(12-8-21-14(23)9-20-12)1-2-13(11)22-5-3-19-4-6-22;/h1-2,7-9,19H,3-6H2,(H,21,23);1H. The molecule has 2 aromatic rings. The monoisotopic (exact) mass is 360 g/mol. The van der Waals surface area contributed by atoms with Crippen LogP contribution in [-0.2, 0) is 6.18 Å². The van der Waals surface area contributed by atoms with Crippen LogP contribution in [0.1, 0.15) is 5.56 Å². The lowest BCUT2D eigenvalue weighted by Gasteiger charge is -2.31. The minimum Gasteiger partial charge on any atom is -0.368 e. The number of benzene rings is 1. The maximum atomic E-state index is 13.4. The highest BCUT2D eigenvalue weighted by atomic mass is 35.5. The molecule has 1 aliphatic heterocycles. The van der Waals surface area contributed by atoms with E-state index < -0.39 is 17.3 Å². The third-order valence-electron chi connectivity index (χ3n) is 3.73. The molecule has 0 unspecified atom stereocenters. The summed E-state index contributed by atoms with van der Waals surface area (Å²) in [5, 5.41) is 3.12. The highest BCUT2D eigenvalue weighted by Gasteiger charge is 2.35. The summed E-state index contributed by atoms with van der Waals surface area (Å²) in [5.74, 6) is 0. The Morgan fingerprint density at radius 3 is 2.46 bits per heavy atom. The van der Waals surface area contributed by atoms with Crippen molar-refractivity contribution in [2.24, 2.45) is 0 Å². The molecular weight excluding hydrogens is 345 g/mol. The van der Waals surface area contributed by atoms with Crippen molar-refractivity contribution in [3.8, 4) is 11.3 Å². The van der Waals surface area contributed by atoms with Gasteiger partial charge in [0.25, 0.3) is 5.56 Å². The zero-order valence-electron chi connectivity index (χ0n) is 12.6. The lowest BCUT2D eigenvalue weighted by molar-refractivity contribution is -0.137. The number of hydrogen-bond acceptors (Lipinski definition) is 4. The van der Waals surface area contributed by atoms with E-state index in [1.807, 2.05) is 0 Å². The number of H-pyrrole nitrogens is 1. The number of halogens is 4. The molecular formula is C15H16ClF3N4O. The van der Waals surface area contributed by atoms with E-state index >= 15 is 0 Å². The number of alkyl halides is 3. The van der Waals surface area contributed by atoms with Crippen LogP contribution >= 0.6 is 12.4 Å². The van der Waals surface area contributed by atoms with E-state index in [-0.39, 0.29) is 18.1 Å². The summed E-state index contributed by atoms with van der Waals surface area (Å²) in [4.78, 5) is 19.1. The van der Waals surface area contributed by atoms with Crippen molar-refractivity contribution >= 4 is 18.1 Å². The fraction of sp³-hybridized carbons (Fsp3) is 0.333. The first-order chi connectivity index (χ1) is 10.9. The van der Waals surface area contributed by atoms with Gasteiger partial charge in [-0.1, -0.05) is 6.07 Å². The van der Waals surface area contributed by atoms with Crippen LogP contribution in [-0.4, -0.2) is 36.1 Å². The van der Waals surface area contributed by atoms with Gasteiger partial charge in [-0.2, -0.15) is 13.2 Å². The summed E-state index contributed by atoms with van der Waals surface area (Å²) in [6, 6.07) is 4.14. The Morgan fingerprint density at radius 1 is 1.17 bits per heavy atom. The maximum absolute atomic E-state index is 13.4. The quantitative estimate of drug-likeness (QED) is 0.862. The molecule has 1 fully saturated rings. The Kier molecular flexibility index (Phi) is 5.51. The molecule has 1 aromatic heterocycles. The number of hydrogen-bond donors (Lipinski definition) is 2. The van der Waals surface area contributed by atoms with Gasteiger partial charge in [-0.3, -0.25) is 4.79 Å². The first-order valence-corrected chi connectivity index (χ1v) is 7.17. The van der Waals surface area contributed by atoms with Crippen LogP contribution in [0, 0.1) is 0 Å². The third-order valence-corrected chi connectivity index (χ3v) is 3.73. The molecule has 2 heterocycles. The van der Waals surface area contributed by atoms with Crippen molar-refractivity contribution in [2.75, 3.05) is 31.1 Å². The Balaban J connectivity index is 0.00000208. The predicted molar refractivity (Wildman–Crippen MR) is 87.6 cm³/mol. The van der Waals surface area contributed by atoms with E-state index in [0.717, 1.165) is 12.3 Å². The number of nitrogens with one attached hydrogen (secondary N) is 2. The molecule has 0 saturated carbocycles. The van der Waals surface area contributed by atoms with Crippen molar-refractivity contribution in [2.45, 2.75) is 6.18 Å². The van der Waals surface area contributed by atoms with Gasteiger partial charge in [-0.05, 0) is 12.1 Å². The van der Waals surface area contributed by atoms with Crippen LogP contribution < -0.4 is 15.8 Å². The number of piperazine rings is 1. The van der Waals surface area contributed by atoms with Crippen molar-refractivity contribution in [1.82, 2.24) is 15.3 Å². The number of nitrogens with zero attached hydrogens (tertiary/aromatic N) is 2. The number of aromatic amines is 1. The molecule has 0 amide bonds. The Hall–Kier alpha value is -2.06. The molecule has 0 atom stereocenters. The van der Waals surface area contributed by atoms with Crippen molar-refractivity contribution in [3.63, 3.8) is 0 Å². The Morgan fingerprint density at radius 2 is 1.88 bits per heavy atom. The van der Waals surface area contributed by atoms with Crippen LogP contribution in [0.15, 0.2) is 35.4 Å². The van der Waals surface area contributed by atoms with Crippen molar-refractivity contribution in [3.05, 3.63) is 46.5 Å². The average Bonchev–Trinajstić information content (AvgIpc) is 2.55. The van der Waals surface area contributed by atoms with Gasteiger partial charge in [0.1, 0.15) is 0 Å². The summed E-state index contributed by atoms with van der Waals surface area (Å²) < 4.78 is 40.3. The molecule has 0 spiro atoms. The summed E-state index contributed by atoms with van der Waals surface area (Å²) in [6.07, 6.45) is -2.10. The minimum atomic E-state index is -4.46. The minimum absolute atomic E-state index is 0. The van der Waals surface area contributed by atoms with Crippen LogP contribution in [0.4, 0.5) is 18.9 Å². The molecule has 24 heavy (non-hydrogen) atoms. The van der Waals surface area contributed by atoms with Crippen LogP contribution in [0.2, 0.25) is 0 Å². The Labute approximate surface area is 142 Å². The predicted octanol–water partition coefficient (Wildman–Crippen LogP) is 2.29. The molecule has 3 rings (SSSR count). The molecule has 0 bridgehead atoms. The van der Waals surface area contributed by atoms with E-state index in [9.17, 15) is 18.0 Å². The van der Waals surface area contributed by atoms with Gasteiger partial charge < -0.3 is 15.2 Å². The molecule has 9 heteroatoms. The first kappa shape index (κ1) is 18.3. The molecule has 1 aromatic carbocycles. The number of aromatic nitrogens is 2. The van der Waals surface area contributed by atoms with Gasteiger partial charge in [0, 0.05) is 43.6 Å². The summed E-state index contributed by atoms with van der Waals surface area (Å²) >= 11 is 0. The summed E-state index contributed by atoms with van der Waals surface area (Å²) in [5.41, 5.74) is -0.311. The SMILES string of the molecule is Cl.O=c1cnc(-c2ccc(N3CCNCC3)c(C(F)(F)F)c2)c[nH]1. The largest absolute Gasteiger partial charge is 0.418 e. The second-order valence-corrected chi connectivity index (χ2v) is 5.26. The van der Waals surface area contributed by atoms with Crippen LogP contribution in [0.3, 0.4) is 0 Å². The van der Waals surface area contributed by atoms with Crippen LogP contribution in [0.25, 0.3) is 11.3 Å². The van der Waals surface area contributed by atoms with Crippen LogP contribution in [0.5, 0.6) is 0 Å². The summed E-state index contributed by atoms with van der Waals surface area (Å²) in [7, 11) is 0. The van der Waals surface area contributed by atoms with E-state index in [4.69, 9.17) is 0 Å². The lowest BCUT2D eigenvalue weighted by Crippen LogP contribution is -2.44. The zero-order valence-corrected chi connectivity index (χ0v) is 13.4. The van der Waals surface area contributed by atoms with Crippen molar-refractivity contribution < 1.29 is 13.2 Å². The lowest BCUT2D eigenvalue weighted by atomic mass is 10.0. The molecule has 5 nitrogen and oxygen atoms in total. The van der Waals surface area contributed by atoms with Gasteiger partial charge >= 0.3 is 6.18 Å². The topological polar surface area (TPSA) is 61.0 Å². The highest BCUT2D eigenvalue weighted by Crippen LogP contribution is 2.38. The molecule has 0 aliphatic carbocycles. The molecule has 0 radical (unpaired) electrons. The summed E-state index contributed by atoms with van der Waals surface area (Å²) in [6.45, 7) is 2.36. The third kappa shape index (κ3) is 3.88. The molecule has 130 valence electrons. The molecule has 2 N–H and O–H groups in total. The van der Waals surface area contributed by atoms with Gasteiger partial charge in [-0.15, -0.1) is 12.4 Å². The second kappa shape index (κ2) is 7.23. The second-order valence-electron chi connectivity index (χ2n) is 5.26. The van der Waals surface area contributed by atoms with E-state index in [1.165, 1.54) is 12.3 Å². The fourth-order valence-corrected chi connectivity index (χ4v) is 2.60. The fourth-order valence-electron chi connectivity index (χ4n) is 2.60. The molecule has 1 aliphatic rings. The normalized spacial score (nSPS) is 15.0. The first-order valence-electron chi connectivity index (χ1n) is 7.17. The zero-order chi connectivity index (χ0) is 16.4. The van der Waals surface area contributed by atoms with Gasteiger partial charge in [0.2, 0.25) is 0 Å². The number of rotatable bonds is 2. The van der Waals surface area contributed by atoms with E-state index in [1.54, 1.807) is 11.0 Å². The van der Waals surface area contributed by atoms with E-state index in [2.05, 4.69) is 15.3 Å². The van der Waals surface area contributed by atoms with E-state index in [0.29, 0.717) is 37.4 Å². The molecule has 1 saturated heterocycles. The number of anilines is 1. The maximum Gasteiger partial charge on any atom is 0.418 e.